The molecule has 0 N–H and O–H groups in total. The summed E-state index contributed by atoms with van der Waals surface area (Å²) in [5, 5.41) is 0. The molecule has 0 aromatic heterocycles. The molecule has 0 unspecified atom stereocenters. The van der Waals surface area contributed by atoms with Crippen molar-refractivity contribution < 1.29 is 17.1 Å². The summed E-state index contributed by atoms with van der Waals surface area (Å²) >= 11 is 0. The summed E-state index contributed by atoms with van der Waals surface area (Å²) in [6.45, 7) is 4.24. The number of hydrogen-bond donors (Lipinski definition) is 0. The van der Waals surface area contributed by atoms with Gasteiger partial charge in [0, 0.05) is 17.1 Å². The Hall–Kier alpha value is -0.261. The van der Waals surface area contributed by atoms with E-state index in [9.17, 15) is 0 Å². The molecule has 0 atom stereocenters. The van der Waals surface area contributed by atoms with Crippen LogP contribution in [0.5, 0.6) is 0 Å². The molecular weight excluding hydrogens is 160 g/mol. The third kappa shape index (κ3) is 2.21. The Balaban J connectivity index is 0.000000640. The molecule has 0 aliphatic rings. The second kappa shape index (κ2) is 3.71. The van der Waals surface area contributed by atoms with E-state index in [4.69, 9.17) is 0 Å². The van der Waals surface area contributed by atoms with Gasteiger partial charge in [-0.2, -0.15) is 0 Å². The van der Waals surface area contributed by atoms with Crippen LogP contribution in [0.4, 0.5) is 0 Å². The van der Waals surface area contributed by atoms with Crippen LogP contribution in [0, 0.1) is 13.8 Å². The van der Waals surface area contributed by atoms with E-state index >= 15 is 0 Å². The van der Waals surface area contributed by atoms with E-state index in [-0.39, 0.29) is 17.1 Å². The van der Waals surface area contributed by atoms with Gasteiger partial charge in [-0.1, -0.05) is 24.3 Å². The summed E-state index contributed by atoms with van der Waals surface area (Å²) in [5.41, 5.74) is 2.74. The minimum atomic E-state index is 0. The summed E-state index contributed by atoms with van der Waals surface area (Å²) in [7, 11) is 0. The van der Waals surface area contributed by atoms with Crippen LogP contribution < -0.4 is 0 Å². The van der Waals surface area contributed by atoms with Crippen molar-refractivity contribution in [2.75, 3.05) is 0 Å². The topological polar surface area (TPSA) is 0 Å². The molecule has 1 heteroatoms. The zero-order valence-corrected chi connectivity index (χ0v) is 6.55. The molecule has 0 saturated heterocycles. The number of benzene rings is 1. The van der Waals surface area contributed by atoms with Crippen LogP contribution in [0.3, 0.4) is 0 Å². The normalized spacial score (nSPS) is 8.22. The van der Waals surface area contributed by atoms with Crippen molar-refractivity contribution in [2.24, 2.45) is 0 Å². The fraction of sp³-hybridized carbons (Fsp3) is 0.250. The van der Waals surface area contributed by atoms with Gasteiger partial charge < -0.3 is 0 Å². The van der Waals surface area contributed by atoms with E-state index in [0.717, 1.165) is 0 Å². The van der Waals surface area contributed by atoms with Crippen molar-refractivity contribution >= 4 is 0 Å². The molecule has 1 aromatic carbocycles. The van der Waals surface area contributed by atoms with Gasteiger partial charge in [-0.05, 0) is 25.0 Å². The summed E-state index contributed by atoms with van der Waals surface area (Å²) in [6.07, 6.45) is 0. The zero-order valence-electron chi connectivity index (χ0n) is 5.61. The van der Waals surface area contributed by atoms with E-state index < -0.39 is 0 Å². The first-order valence-electron chi connectivity index (χ1n) is 2.83. The molecule has 0 heterocycles. The van der Waals surface area contributed by atoms with Crippen LogP contribution in [-0.4, -0.2) is 0 Å². The zero-order chi connectivity index (χ0) is 5.98. The standard InChI is InChI=1S/C8H10.Cu/c1-7-5-3-4-6-8(7)2;/h3-6H,1-2H3;. The van der Waals surface area contributed by atoms with Gasteiger partial charge in [-0.15, -0.1) is 0 Å². The second-order valence-corrected chi connectivity index (χ2v) is 2.08. The van der Waals surface area contributed by atoms with Crippen LogP contribution in [0.1, 0.15) is 11.1 Å². The molecule has 1 rings (SSSR count). The van der Waals surface area contributed by atoms with Crippen LogP contribution >= 0.6 is 0 Å². The molecule has 1 aromatic rings. The maximum absolute atomic E-state index is 2.12. The molecule has 9 heavy (non-hydrogen) atoms. The van der Waals surface area contributed by atoms with Crippen molar-refractivity contribution in [3.8, 4) is 0 Å². The van der Waals surface area contributed by atoms with Gasteiger partial charge in [0.15, 0.2) is 0 Å². The predicted molar refractivity (Wildman–Crippen MR) is 35.9 cm³/mol. The monoisotopic (exact) mass is 169 g/mol. The quantitative estimate of drug-likeness (QED) is 0.523. The fourth-order valence-corrected chi connectivity index (χ4v) is 0.663. The van der Waals surface area contributed by atoms with E-state index in [2.05, 4.69) is 38.1 Å². The van der Waals surface area contributed by atoms with Gasteiger partial charge in [-0.3, -0.25) is 0 Å². The smallest absolute Gasteiger partial charge is 0 e. The first-order chi connectivity index (χ1) is 3.80. The molecule has 0 fully saturated rings. The molecule has 0 bridgehead atoms. The maximum atomic E-state index is 2.12. The first-order valence-corrected chi connectivity index (χ1v) is 2.83. The number of rotatable bonds is 0. The minimum absolute atomic E-state index is 0. The Kier molecular flexibility index (Phi) is 3.60. The maximum Gasteiger partial charge on any atom is 0 e. The van der Waals surface area contributed by atoms with E-state index in [1.807, 2.05) is 0 Å². The number of aryl methyl sites for hydroxylation is 2. The average Bonchev–Trinajstić information content (AvgIpc) is 1.77. The molecule has 0 aliphatic carbocycles. The Morgan fingerprint density at radius 3 is 1.44 bits per heavy atom. The van der Waals surface area contributed by atoms with Crippen molar-refractivity contribution in [3.63, 3.8) is 0 Å². The third-order valence-corrected chi connectivity index (χ3v) is 1.43. The molecular formula is C8H10Cu. The van der Waals surface area contributed by atoms with Crippen LogP contribution in [0.25, 0.3) is 0 Å². The molecule has 0 amide bonds. The summed E-state index contributed by atoms with van der Waals surface area (Å²) in [6, 6.07) is 8.36. The average molecular weight is 170 g/mol. The van der Waals surface area contributed by atoms with E-state index in [1.54, 1.807) is 0 Å². The predicted octanol–water partition coefficient (Wildman–Crippen LogP) is 2.30. The van der Waals surface area contributed by atoms with Crippen LogP contribution in [0.2, 0.25) is 0 Å². The number of hydrogen-bond acceptors (Lipinski definition) is 0. The molecule has 0 saturated carbocycles. The van der Waals surface area contributed by atoms with Crippen molar-refractivity contribution in [2.45, 2.75) is 13.8 Å². The van der Waals surface area contributed by atoms with Gasteiger partial charge in [0.25, 0.3) is 0 Å². The molecule has 0 spiro atoms. The molecule has 0 aliphatic heterocycles. The van der Waals surface area contributed by atoms with Gasteiger partial charge in [0.05, 0.1) is 0 Å². The van der Waals surface area contributed by atoms with Crippen molar-refractivity contribution in [1.29, 1.82) is 0 Å². The summed E-state index contributed by atoms with van der Waals surface area (Å²) < 4.78 is 0. The fourth-order valence-electron chi connectivity index (χ4n) is 0.663. The summed E-state index contributed by atoms with van der Waals surface area (Å²) in [5.74, 6) is 0. The van der Waals surface area contributed by atoms with E-state index in [1.165, 1.54) is 11.1 Å². The molecule has 53 valence electrons. The Morgan fingerprint density at radius 1 is 0.889 bits per heavy atom. The van der Waals surface area contributed by atoms with Crippen molar-refractivity contribution in [1.82, 2.24) is 0 Å². The minimum Gasteiger partial charge on any atom is -0.0620 e. The largest absolute Gasteiger partial charge is 0.0620 e. The first kappa shape index (κ1) is 8.74. The van der Waals surface area contributed by atoms with Gasteiger partial charge in [0.1, 0.15) is 0 Å². The van der Waals surface area contributed by atoms with Crippen LogP contribution in [0.15, 0.2) is 24.3 Å². The van der Waals surface area contributed by atoms with Gasteiger partial charge in [-0.25, -0.2) is 0 Å². The third-order valence-electron chi connectivity index (χ3n) is 1.43. The second-order valence-electron chi connectivity index (χ2n) is 2.08. The Bertz CT molecular complexity index is 161. The van der Waals surface area contributed by atoms with Gasteiger partial charge in [0.2, 0.25) is 0 Å². The molecule has 0 nitrogen and oxygen atoms in total. The van der Waals surface area contributed by atoms with Gasteiger partial charge >= 0.3 is 0 Å². The van der Waals surface area contributed by atoms with E-state index in [0.29, 0.717) is 0 Å². The van der Waals surface area contributed by atoms with Crippen molar-refractivity contribution in [3.05, 3.63) is 35.4 Å². The Morgan fingerprint density at radius 2 is 1.22 bits per heavy atom. The SMILES string of the molecule is Cc1ccccc1C.[Cu]. The van der Waals surface area contributed by atoms with Crippen LogP contribution in [-0.2, 0) is 17.1 Å². The summed E-state index contributed by atoms with van der Waals surface area (Å²) in [4.78, 5) is 0. The Labute approximate surface area is 66.8 Å². The molecule has 1 radical (unpaired) electrons.